The van der Waals surface area contributed by atoms with E-state index in [0.717, 1.165) is 25.8 Å². The molecular weight excluding hydrogens is 220 g/mol. The van der Waals surface area contributed by atoms with Gasteiger partial charge in [0.2, 0.25) is 5.91 Å². The molecule has 0 aliphatic carbocycles. The van der Waals surface area contributed by atoms with Gasteiger partial charge < -0.3 is 10.4 Å². The summed E-state index contributed by atoms with van der Waals surface area (Å²) < 4.78 is 0. The van der Waals surface area contributed by atoms with Crippen LogP contribution in [0, 0.1) is 5.92 Å². The Bertz CT molecular complexity index is 244. The molecule has 0 saturated heterocycles. The van der Waals surface area contributed by atoms with E-state index < -0.39 is 11.9 Å². The summed E-state index contributed by atoms with van der Waals surface area (Å²) >= 11 is 0. The van der Waals surface area contributed by atoms with E-state index in [4.69, 9.17) is 5.11 Å². The summed E-state index contributed by atoms with van der Waals surface area (Å²) in [5.41, 5.74) is 0. The molecular formula is C12H24N2O3. The molecule has 0 aromatic rings. The number of carboxylic acid groups (broad SMARTS) is 1. The Balaban J connectivity index is 4.18. The third-order valence-corrected chi connectivity index (χ3v) is 2.68. The van der Waals surface area contributed by atoms with Crippen molar-refractivity contribution in [1.29, 1.82) is 0 Å². The first kappa shape index (κ1) is 15.9. The molecule has 0 heterocycles. The fourth-order valence-corrected chi connectivity index (χ4v) is 1.57. The van der Waals surface area contributed by atoms with Gasteiger partial charge in [0.15, 0.2) is 0 Å². The van der Waals surface area contributed by atoms with Gasteiger partial charge in [-0.3, -0.25) is 14.5 Å². The third kappa shape index (κ3) is 7.74. The first-order valence-corrected chi connectivity index (χ1v) is 6.17. The maximum absolute atomic E-state index is 11.3. The fourth-order valence-electron chi connectivity index (χ4n) is 1.57. The summed E-state index contributed by atoms with van der Waals surface area (Å²) in [6.45, 7) is 5.26. The molecule has 1 amide bonds. The molecule has 100 valence electrons. The van der Waals surface area contributed by atoms with E-state index in [1.54, 1.807) is 14.0 Å². The zero-order chi connectivity index (χ0) is 13.3. The summed E-state index contributed by atoms with van der Waals surface area (Å²) in [7, 11) is 1.59. The lowest BCUT2D eigenvalue weighted by atomic mass is 10.1. The van der Waals surface area contributed by atoms with Gasteiger partial charge in [0.25, 0.3) is 0 Å². The summed E-state index contributed by atoms with van der Waals surface area (Å²) in [4.78, 5) is 24.0. The molecule has 0 saturated carbocycles. The van der Waals surface area contributed by atoms with Crippen LogP contribution < -0.4 is 5.32 Å². The number of carboxylic acids is 1. The number of aliphatic carboxylic acids is 1. The number of carbonyl (C=O) groups excluding carboxylic acids is 1. The van der Waals surface area contributed by atoms with Gasteiger partial charge in [-0.15, -0.1) is 0 Å². The molecule has 0 radical (unpaired) electrons. The smallest absolute Gasteiger partial charge is 0.307 e. The van der Waals surface area contributed by atoms with Crippen molar-refractivity contribution in [2.75, 3.05) is 26.7 Å². The van der Waals surface area contributed by atoms with E-state index in [1.165, 1.54) is 0 Å². The highest BCUT2D eigenvalue weighted by atomic mass is 16.4. The van der Waals surface area contributed by atoms with E-state index in [2.05, 4.69) is 12.2 Å². The monoisotopic (exact) mass is 244 g/mol. The second kappa shape index (κ2) is 8.98. The number of unbranched alkanes of at least 4 members (excludes halogenated alkanes) is 2. The molecule has 0 fully saturated rings. The van der Waals surface area contributed by atoms with E-state index in [-0.39, 0.29) is 12.5 Å². The number of carbonyl (C=O) groups is 2. The van der Waals surface area contributed by atoms with Gasteiger partial charge in [-0.25, -0.2) is 0 Å². The Morgan fingerprint density at radius 3 is 2.47 bits per heavy atom. The van der Waals surface area contributed by atoms with Crippen LogP contribution in [0.2, 0.25) is 0 Å². The molecule has 0 rings (SSSR count). The van der Waals surface area contributed by atoms with Crippen molar-refractivity contribution in [2.45, 2.75) is 33.1 Å². The largest absolute Gasteiger partial charge is 0.481 e. The van der Waals surface area contributed by atoms with Crippen LogP contribution in [0.3, 0.4) is 0 Å². The molecule has 0 aromatic heterocycles. The molecule has 1 atom stereocenters. The highest BCUT2D eigenvalue weighted by Crippen LogP contribution is 2.03. The number of nitrogens with zero attached hydrogens (tertiary/aromatic N) is 1. The highest BCUT2D eigenvalue weighted by Gasteiger charge is 2.17. The number of hydrogen-bond acceptors (Lipinski definition) is 3. The molecule has 2 N–H and O–H groups in total. The van der Waals surface area contributed by atoms with Crippen LogP contribution in [-0.4, -0.2) is 48.6 Å². The molecule has 1 unspecified atom stereocenters. The molecule has 17 heavy (non-hydrogen) atoms. The number of amides is 1. The maximum atomic E-state index is 11.3. The molecule has 0 bridgehead atoms. The Morgan fingerprint density at radius 2 is 2.00 bits per heavy atom. The quantitative estimate of drug-likeness (QED) is 0.592. The maximum Gasteiger partial charge on any atom is 0.307 e. The van der Waals surface area contributed by atoms with Crippen molar-refractivity contribution in [2.24, 2.45) is 5.92 Å². The Kier molecular flexibility index (Phi) is 8.40. The molecule has 0 spiro atoms. The van der Waals surface area contributed by atoms with Gasteiger partial charge in [-0.05, 0) is 13.0 Å². The first-order chi connectivity index (χ1) is 8.01. The normalized spacial score (nSPS) is 12.5. The average molecular weight is 244 g/mol. The minimum Gasteiger partial charge on any atom is -0.481 e. The van der Waals surface area contributed by atoms with Crippen molar-refractivity contribution in [3.63, 3.8) is 0 Å². The van der Waals surface area contributed by atoms with Crippen LogP contribution >= 0.6 is 0 Å². The Labute approximate surface area is 103 Å². The zero-order valence-electron chi connectivity index (χ0n) is 11.0. The number of likely N-dealkylation sites (N-methyl/N-ethyl adjacent to an activating group) is 1. The van der Waals surface area contributed by atoms with Crippen LogP contribution in [-0.2, 0) is 9.59 Å². The SMILES string of the molecule is CCCCCN(CC(=O)NC)CC(C)C(=O)O. The van der Waals surface area contributed by atoms with Crippen molar-refractivity contribution < 1.29 is 14.7 Å². The van der Waals surface area contributed by atoms with E-state index in [1.807, 2.05) is 4.90 Å². The van der Waals surface area contributed by atoms with E-state index >= 15 is 0 Å². The van der Waals surface area contributed by atoms with Gasteiger partial charge in [0.1, 0.15) is 0 Å². The third-order valence-electron chi connectivity index (χ3n) is 2.68. The number of rotatable bonds is 9. The van der Waals surface area contributed by atoms with Crippen LogP contribution in [0.4, 0.5) is 0 Å². The second-order valence-electron chi connectivity index (χ2n) is 4.35. The van der Waals surface area contributed by atoms with Crippen LogP contribution in [0.25, 0.3) is 0 Å². The van der Waals surface area contributed by atoms with Crippen LogP contribution in [0.5, 0.6) is 0 Å². The molecule has 0 aliphatic heterocycles. The predicted octanol–water partition coefficient (Wildman–Crippen LogP) is 0.945. The summed E-state index contributed by atoms with van der Waals surface area (Å²) in [6.07, 6.45) is 3.22. The van der Waals surface area contributed by atoms with Crippen molar-refractivity contribution >= 4 is 11.9 Å². The topological polar surface area (TPSA) is 69.6 Å². The van der Waals surface area contributed by atoms with Gasteiger partial charge in [0, 0.05) is 13.6 Å². The minimum absolute atomic E-state index is 0.0703. The van der Waals surface area contributed by atoms with Gasteiger partial charge >= 0.3 is 5.97 Å². The zero-order valence-corrected chi connectivity index (χ0v) is 11.0. The number of nitrogens with one attached hydrogen (secondary N) is 1. The molecule has 5 heteroatoms. The molecule has 5 nitrogen and oxygen atoms in total. The summed E-state index contributed by atoms with van der Waals surface area (Å²) in [6, 6.07) is 0. The lowest BCUT2D eigenvalue weighted by Crippen LogP contribution is -2.39. The van der Waals surface area contributed by atoms with E-state index in [0.29, 0.717) is 6.54 Å². The first-order valence-electron chi connectivity index (χ1n) is 6.17. The molecule has 0 aromatic carbocycles. The predicted molar refractivity (Wildman–Crippen MR) is 66.8 cm³/mol. The van der Waals surface area contributed by atoms with Gasteiger partial charge in [0.05, 0.1) is 12.5 Å². The summed E-state index contributed by atoms with van der Waals surface area (Å²) in [5, 5.41) is 11.4. The Hall–Kier alpha value is -1.10. The second-order valence-corrected chi connectivity index (χ2v) is 4.35. The average Bonchev–Trinajstić information content (AvgIpc) is 2.28. The van der Waals surface area contributed by atoms with Crippen LogP contribution in [0.15, 0.2) is 0 Å². The molecule has 0 aliphatic rings. The van der Waals surface area contributed by atoms with Crippen molar-refractivity contribution in [3.05, 3.63) is 0 Å². The van der Waals surface area contributed by atoms with Crippen molar-refractivity contribution in [1.82, 2.24) is 10.2 Å². The minimum atomic E-state index is -0.817. The summed E-state index contributed by atoms with van der Waals surface area (Å²) in [5.74, 6) is -1.33. The lowest BCUT2D eigenvalue weighted by Gasteiger charge is -2.23. The standard InChI is InChI=1S/C12H24N2O3/c1-4-5-6-7-14(9-11(15)13-3)8-10(2)12(16)17/h10H,4-9H2,1-3H3,(H,13,15)(H,16,17). The fraction of sp³-hybridized carbons (Fsp3) is 0.833. The Morgan fingerprint density at radius 1 is 1.35 bits per heavy atom. The van der Waals surface area contributed by atoms with Crippen LogP contribution in [0.1, 0.15) is 33.1 Å². The van der Waals surface area contributed by atoms with E-state index in [9.17, 15) is 9.59 Å². The van der Waals surface area contributed by atoms with Gasteiger partial charge in [-0.2, -0.15) is 0 Å². The highest BCUT2D eigenvalue weighted by molar-refractivity contribution is 5.77. The van der Waals surface area contributed by atoms with Crippen molar-refractivity contribution in [3.8, 4) is 0 Å². The van der Waals surface area contributed by atoms with Gasteiger partial charge in [-0.1, -0.05) is 26.7 Å². The number of hydrogen-bond donors (Lipinski definition) is 2. The lowest BCUT2D eigenvalue weighted by molar-refractivity contribution is -0.142.